The van der Waals surface area contributed by atoms with Gasteiger partial charge in [-0.15, -0.1) is 0 Å². The van der Waals surface area contributed by atoms with Gasteiger partial charge in [0.1, 0.15) is 21.4 Å². The lowest BCUT2D eigenvalue weighted by Gasteiger charge is -2.26. The highest BCUT2D eigenvalue weighted by Crippen LogP contribution is 2.35. The van der Waals surface area contributed by atoms with E-state index in [4.69, 9.17) is 33.0 Å². The van der Waals surface area contributed by atoms with Gasteiger partial charge in [0.2, 0.25) is 0 Å². The topological polar surface area (TPSA) is 99.2 Å². The van der Waals surface area contributed by atoms with Gasteiger partial charge in [-0.05, 0) is 45.4 Å². The summed E-state index contributed by atoms with van der Waals surface area (Å²) in [6.45, 7) is 2.12. The van der Waals surface area contributed by atoms with Gasteiger partial charge in [0.25, 0.3) is 0 Å². The van der Waals surface area contributed by atoms with Crippen molar-refractivity contribution in [3.8, 4) is 0 Å². The Bertz CT molecular complexity index is 856. The van der Waals surface area contributed by atoms with Crippen molar-refractivity contribution >= 4 is 35.1 Å². The van der Waals surface area contributed by atoms with Crippen LogP contribution in [0.25, 0.3) is 0 Å². The standard InChI is InChI=1S/C10H13ClN2O2.C8H9ClN2O2/c1-2-15-10(14)8-6-12-13(9(8)11)7-4-3-5-7;9-7-6(8(12)13)4-10-11(7)5-2-1-3-5/h6-7H,2-5H2,1H3;4-5H,1-3H2,(H,12,13). The normalized spacial score (nSPS) is 16.5. The number of nitrogens with zero attached hydrogens (tertiary/aromatic N) is 4. The number of aromatic nitrogens is 4. The second-order valence-corrected chi connectivity index (χ2v) is 7.50. The van der Waals surface area contributed by atoms with E-state index in [1.165, 1.54) is 25.2 Å². The molecule has 1 N–H and O–H groups in total. The lowest BCUT2D eigenvalue weighted by molar-refractivity contribution is 0.0525. The van der Waals surface area contributed by atoms with Gasteiger partial charge in [-0.1, -0.05) is 23.2 Å². The number of hydrogen-bond acceptors (Lipinski definition) is 5. The van der Waals surface area contributed by atoms with Crippen molar-refractivity contribution in [1.82, 2.24) is 19.6 Å². The number of carbonyl (C=O) groups excluding carboxylic acids is 1. The lowest BCUT2D eigenvalue weighted by Crippen LogP contribution is -2.18. The minimum Gasteiger partial charge on any atom is -0.478 e. The van der Waals surface area contributed by atoms with Crippen LogP contribution >= 0.6 is 23.2 Å². The Morgan fingerprint density at radius 3 is 1.86 bits per heavy atom. The van der Waals surface area contributed by atoms with Crippen LogP contribution in [0.15, 0.2) is 12.4 Å². The van der Waals surface area contributed by atoms with Crippen LogP contribution < -0.4 is 0 Å². The number of aromatic carboxylic acids is 1. The summed E-state index contributed by atoms with van der Waals surface area (Å²) in [4.78, 5) is 22.1. The van der Waals surface area contributed by atoms with Crippen LogP contribution in [0.3, 0.4) is 0 Å². The fourth-order valence-corrected chi connectivity index (χ4v) is 3.57. The summed E-state index contributed by atoms with van der Waals surface area (Å²) >= 11 is 11.9. The summed E-state index contributed by atoms with van der Waals surface area (Å²) in [5, 5.41) is 17.4. The van der Waals surface area contributed by atoms with Crippen molar-refractivity contribution in [3.05, 3.63) is 33.8 Å². The van der Waals surface area contributed by atoms with E-state index in [-0.39, 0.29) is 10.7 Å². The minimum atomic E-state index is -1.02. The van der Waals surface area contributed by atoms with Gasteiger partial charge in [0, 0.05) is 0 Å². The molecular formula is C18H22Cl2N4O4. The molecule has 0 bridgehead atoms. The van der Waals surface area contributed by atoms with E-state index in [0.29, 0.717) is 29.4 Å². The average molecular weight is 429 g/mol. The summed E-state index contributed by atoms with van der Waals surface area (Å²) in [5.74, 6) is -1.41. The smallest absolute Gasteiger partial charge is 0.342 e. The first kappa shape index (κ1) is 20.7. The fraction of sp³-hybridized carbons (Fsp3) is 0.556. The van der Waals surface area contributed by atoms with Gasteiger partial charge in [-0.2, -0.15) is 10.2 Å². The number of hydrogen-bond donors (Lipinski definition) is 1. The third-order valence-electron chi connectivity index (χ3n) is 5.04. The number of halogens is 2. The van der Waals surface area contributed by atoms with Crippen LogP contribution in [0.2, 0.25) is 10.3 Å². The number of ether oxygens (including phenoxy) is 1. The number of esters is 1. The molecule has 0 amide bonds. The Hall–Kier alpha value is -2.06. The van der Waals surface area contributed by atoms with Crippen molar-refractivity contribution in [2.24, 2.45) is 0 Å². The van der Waals surface area contributed by atoms with Gasteiger partial charge in [-0.3, -0.25) is 9.36 Å². The third kappa shape index (κ3) is 4.17. The fourth-order valence-electron chi connectivity index (χ4n) is 2.96. The summed E-state index contributed by atoms with van der Waals surface area (Å²) < 4.78 is 8.20. The van der Waals surface area contributed by atoms with E-state index in [1.807, 2.05) is 0 Å². The van der Waals surface area contributed by atoms with E-state index < -0.39 is 11.9 Å². The van der Waals surface area contributed by atoms with Crippen molar-refractivity contribution in [3.63, 3.8) is 0 Å². The highest BCUT2D eigenvalue weighted by Gasteiger charge is 2.26. The van der Waals surface area contributed by atoms with Crippen LogP contribution in [0.5, 0.6) is 0 Å². The molecule has 28 heavy (non-hydrogen) atoms. The van der Waals surface area contributed by atoms with Crippen LogP contribution in [-0.2, 0) is 4.74 Å². The molecule has 10 heteroatoms. The Morgan fingerprint density at radius 1 is 1.04 bits per heavy atom. The summed E-state index contributed by atoms with van der Waals surface area (Å²) in [7, 11) is 0. The van der Waals surface area contributed by atoms with E-state index in [0.717, 1.165) is 25.7 Å². The Labute approximate surface area is 172 Å². The quantitative estimate of drug-likeness (QED) is 0.708. The molecular weight excluding hydrogens is 407 g/mol. The molecule has 8 nitrogen and oxygen atoms in total. The van der Waals surface area contributed by atoms with E-state index >= 15 is 0 Å². The molecule has 0 radical (unpaired) electrons. The molecule has 0 saturated heterocycles. The first-order chi connectivity index (χ1) is 13.4. The van der Waals surface area contributed by atoms with Crippen molar-refractivity contribution in [2.45, 2.75) is 57.5 Å². The van der Waals surface area contributed by atoms with Crippen LogP contribution in [0.1, 0.15) is 78.2 Å². The maximum atomic E-state index is 11.4. The molecule has 2 aromatic rings. The minimum absolute atomic E-state index is 0.0913. The zero-order valence-corrected chi connectivity index (χ0v) is 17.0. The summed E-state index contributed by atoms with van der Waals surface area (Å²) in [6, 6.07) is 0.668. The molecule has 2 aliphatic carbocycles. The molecule has 2 aromatic heterocycles. The zero-order chi connectivity index (χ0) is 20.3. The highest BCUT2D eigenvalue weighted by atomic mass is 35.5. The number of carboxylic acid groups (broad SMARTS) is 1. The van der Waals surface area contributed by atoms with Crippen LogP contribution in [0.4, 0.5) is 0 Å². The van der Waals surface area contributed by atoms with E-state index in [1.54, 1.807) is 16.3 Å². The predicted octanol–water partition coefficient (Wildman–Crippen LogP) is 4.40. The van der Waals surface area contributed by atoms with Gasteiger partial charge < -0.3 is 9.84 Å². The predicted molar refractivity (Wildman–Crippen MR) is 103 cm³/mol. The molecule has 2 saturated carbocycles. The largest absolute Gasteiger partial charge is 0.478 e. The zero-order valence-electron chi connectivity index (χ0n) is 15.5. The second-order valence-electron chi connectivity index (χ2n) is 6.78. The Morgan fingerprint density at radius 2 is 1.50 bits per heavy atom. The molecule has 0 aromatic carbocycles. The summed E-state index contributed by atoms with van der Waals surface area (Å²) in [6.07, 6.45) is 9.43. The van der Waals surface area contributed by atoms with Crippen LogP contribution in [-0.4, -0.2) is 43.2 Å². The monoisotopic (exact) mass is 428 g/mol. The molecule has 0 aliphatic heterocycles. The molecule has 2 fully saturated rings. The lowest BCUT2D eigenvalue weighted by atomic mass is 9.93. The molecule has 0 spiro atoms. The van der Waals surface area contributed by atoms with E-state index in [9.17, 15) is 9.59 Å². The average Bonchev–Trinajstić information content (AvgIpc) is 3.10. The number of carbonyl (C=O) groups is 2. The number of carboxylic acids is 1. The highest BCUT2D eigenvalue weighted by molar-refractivity contribution is 6.32. The molecule has 0 atom stereocenters. The molecule has 2 heterocycles. The molecule has 0 unspecified atom stereocenters. The van der Waals surface area contributed by atoms with Gasteiger partial charge in [0.05, 0.1) is 31.1 Å². The van der Waals surface area contributed by atoms with Crippen LogP contribution in [0, 0.1) is 0 Å². The first-order valence-corrected chi connectivity index (χ1v) is 10.1. The van der Waals surface area contributed by atoms with Gasteiger partial charge in [-0.25, -0.2) is 9.59 Å². The second kappa shape index (κ2) is 8.96. The molecule has 4 rings (SSSR count). The van der Waals surface area contributed by atoms with Gasteiger partial charge in [0.15, 0.2) is 0 Å². The Balaban J connectivity index is 0.000000162. The van der Waals surface area contributed by atoms with Crippen molar-refractivity contribution < 1.29 is 19.4 Å². The van der Waals surface area contributed by atoms with Crippen molar-refractivity contribution in [2.75, 3.05) is 6.61 Å². The third-order valence-corrected chi connectivity index (χ3v) is 5.79. The summed E-state index contributed by atoms with van der Waals surface area (Å²) in [5.41, 5.74) is 0.457. The first-order valence-electron chi connectivity index (χ1n) is 9.30. The van der Waals surface area contributed by atoms with E-state index in [2.05, 4.69) is 10.2 Å². The SMILES string of the molecule is CCOC(=O)c1cnn(C2CCC2)c1Cl.O=C(O)c1cnn(C2CCC2)c1Cl. The maximum Gasteiger partial charge on any atom is 0.342 e. The molecule has 2 aliphatic rings. The van der Waals surface area contributed by atoms with Gasteiger partial charge >= 0.3 is 11.9 Å². The molecule has 152 valence electrons. The Kier molecular flexibility index (Phi) is 6.61. The van der Waals surface area contributed by atoms with Crippen molar-refractivity contribution in [1.29, 1.82) is 0 Å². The number of rotatable bonds is 5. The maximum absolute atomic E-state index is 11.4.